The van der Waals surface area contributed by atoms with Crippen LogP contribution in [0.1, 0.15) is 0 Å². The minimum absolute atomic E-state index is 0.254. The molecule has 0 aliphatic carbocycles. The van der Waals surface area contributed by atoms with Gasteiger partial charge in [0, 0.05) is 5.69 Å². The fourth-order valence-corrected chi connectivity index (χ4v) is 1.34. The summed E-state index contributed by atoms with van der Waals surface area (Å²) in [6, 6.07) is 4.90. The molecule has 1 aromatic rings. The van der Waals surface area contributed by atoms with Crippen molar-refractivity contribution >= 4 is 21.9 Å². The molecule has 2 N–H and O–H groups in total. The average molecular weight is 230 g/mol. The lowest BCUT2D eigenvalue weighted by Crippen LogP contribution is -2.10. The highest BCUT2D eigenvalue weighted by Gasteiger charge is 2.09. The van der Waals surface area contributed by atoms with E-state index in [1.165, 1.54) is 12.1 Å². The Balaban J connectivity index is 2.86. The molecule has 0 saturated carbocycles. The van der Waals surface area contributed by atoms with Crippen LogP contribution >= 0.6 is 0 Å². The van der Waals surface area contributed by atoms with Crippen molar-refractivity contribution in [3.05, 3.63) is 31.4 Å². The smallest absolute Gasteiger partial charge is 0.411 e. The van der Waals surface area contributed by atoms with Crippen LogP contribution in [0.5, 0.6) is 0 Å². The molecular formula is C8H8NO5S. The molecule has 0 unspecified atom stereocenters. The van der Waals surface area contributed by atoms with Gasteiger partial charge in [-0.05, 0) is 24.3 Å². The quantitative estimate of drug-likeness (QED) is 0.746. The van der Waals surface area contributed by atoms with Crippen molar-refractivity contribution in [1.82, 2.24) is 0 Å². The van der Waals surface area contributed by atoms with Gasteiger partial charge in [-0.1, -0.05) is 0 Å². The first kappa shape index (κ1) is 11.5. The fraction of sp³-hybridized carbons (Fsp3) is 0. The van der Waals surface area contributed by atoms with Crippen molar-refractivity contribution in [3.63, 3.8) is 0 Å². The van der Waals surface area contributed by atoms with Gasteiger partial charge in [0.25, 0.3) is 10.1 Å². The van der Waals surface area contributed by atoms with Gasteiger partial charge >= 0.3 is 6.09 Å². The first-order valence-corrected chi connectivity index (χ1v) is 5.18. The van der Waals surface area contributed by atoms with E-state index in [1.807, 2.05) is 0 Å². The van der Waals surface area contributed by atoms with Crippen LogP contribution in [0.15, 0.2) is 29.2 Å². The Hall–Kier alpha value is -1.60. The molecule has 1 radical (unpaired) electrons. The van der Waals surface area contributed by atoms with Crippen molar-refractivity contribution in [3.8, 4) is 0 Å². The molecule has 0 atom stereocenters. The van der Waals surface area contributed by atoms with Gasteiger partial charge in [0.1, 0.15) is 7.11 Å². The number of carbonyl (C=O) groups excluding carboxylic acids is 1. The highest BCUT2D eigenvalue weighted by Crippen LogP contribution is 2.13. The Morgan fingerprint density at radius 1 is 1.33 bits per heavy atom. The Morgan fingerprint density at radius 2 is 1.87 bits per heavy atom. The monoisotopic (exact) mass is 230 g/mol. The van der Waals surface area contributed by atoms with Crippen molar-refractivity contribution in [2.45, 2.75) is 4.90 Å². The lowest BCUT2D eigenvalue weighted by molar-refractivity contribution is 0.199. The summed E-state index contributed by atoms with van der Waals surface area (Å²) >= 11 is 0. The van der Waals surface area contributed by atoms with Crippen LogP contribution in [-0.2, 0) is 14.9 Å². The first-order chi connectivity index (χ1) is 6.93. The molecule has 15 heavy (non-hydrogen) atoms. The van der Waals surface area contributed by atoms with Gasteiger partial charge in [-0.15, -0.1) is 0 Å². The van der Waals surface area contributed by atoms with Crippen molar-refractivity contribution < 1.29 is 22.5 Å². The number of anilines is 1. The molecule has 81 valence electrons. The molecule has 0 aliphatic rings. The Kier molecular flexibility index (Phi) is 3.28. The SMILES string of the molecule is [CH2]OC(=O)Nc1ccc(S(=O)(=O)O)cc1. The van der Waals surface area contributed by atoms with Crippen LogP contribution in [0.3, 0.4) is 0 Å². The molecule has 0 aromatic heterocycles. The minimum Gasteiger partial charge on any atom is -0.446 e. The number of carbonyl (C=O) groups is 1. The Morgan fingerprint density at radius 3 is 2.27 bits per heavy atom. The molecule has 1 amide bonds. The van der Waals surface area contributed by atoms with Crippen LogP contribution in [0.25, 0.3) is 0 Å². The topological polar surface area (TPSA) is 92.7 Å². The maximum absolute atomic E-state index is 10.7. The summed E-state index contributed by atoms with van der Waals surface area (Å²) in [5, 5.41) is 2.27. The van der Waals surface area contributed by atoms with Gasteiger partial charge in [0.2, 0.25) is 0 Å². The zero-order valence-corrected chi connectivity index (χ0v) is 8.32. The second-order valence-corrected chi connectivity index (χ2v) is 3.98. The van der Waals surface area contributed by atoms with E-state index in [9.17, 15) is 13.2 Å². The molecule has 0 spiro atoms. The largest absolute Gasteiger partial charge is 0.446 e. The number of hydrogen-bond donors (Lipinski definition) is 2. The minimum atomic E-state index is -4.21. The molecule has 7 heteroatoms. The summed E-state index contributed by atoms with van der Waals surface area (Å²) in [5.41, 5.74) is 0.330. The number of ether oxygens (including phenoxy) is 1. The highest BCUT2D eigenvalue weighted by molar-refractivity contribution is 7.85. The third-order valence-electron chi connectivity index (χ3n) is 1.53. The van der Waals surface area contributed by atoms with E-state index >= 15 is 0 Å². The fourth-order valence-electron chi connectivity index (χ4n) is 0.864. The van der Waals surface area contributed by atoms with E-state index in [2.05, 4.69) is 17.2 Å². The van der Waals surface area contributed by atoms with Crippen molar-refractivity contribution in [1.29, 1.82) is 0 Å². The summed E-state index contributed by atoms with van der Waals surface area (Å²) in [6.07, 6.45) is -0.769. The molecule has 0 bridgehead atoms. The van der Waals surface area contributed by atoms with Crippen LogP contribution < -0.4 is 5.32 Å². The number of nitrogens with one attached hydrogen (secondary N) is 1. The van der Waals surface area contributed by atoms with Gasteiger partial charge in [0.05, 0.1) is 4.90 Å². The maximum Gasteiger partial charge on any atom is 0.411 e. The van der Waals surface area contributed by atoms with Gasteiger partial charge in [-0.2, -0.15) is 8.42 Å². The summed E-state index contributed by atoms with van der Waals surface area (Å²) < 4.78 is 34.1. The second-order valence-electron chi connectivity index (χ2n) is 2.56. The number of amides is 1. The summed E-state index contributed by atoms with van der Waals surface area (Å²) in [5.74, 6) is 0. The molecule has 0 fully saturated rings. The maximum atomic E-state index is 10.7. The first-order valence-electron chi connectivity index (χ1n) is 3.74. The lowest BCUT2D eigenvalue weighted by atomic mass is 10.3. The van der Waals surface area contributed by atoms with E-state index in [4.69, 9.17) is 4.55 Å². The molecule has 1 aromatic carbocycles. The predicted molar refractivity (Wildman–Crippen MR) is 51.7 cm³/mol. The summed E-state index contributed by atoms with van der Waals surface area (Å²) in [6.45, 7) is 0. The molecule has 0 saturated heterocycles. The zero-order chi connectivity index (χ0) is 11.5. The van der Waals surface area contributed by atoms with E-state index in [0.717, 1.165) is 12.1 Å². The van der Waals surface area contributed by atoms with Crippen LogP contribution in [-0.4, -0.2) is 19.1 Å². The normalized spacial score (nSPS) is 10.8. The lowest BCUT2D eigenvalue weighted by Gasteiger charge is -2.03. The van der Waals surface area contributed by atoms with E-state index in [1.54, 1.807) is 0 Å². The molecular weight excluding hydrogens is 222 g/mol. The number of rotatable bonds is 2. The predicted octanol–water partition coefficient (Wildman–Crippen LogP) is 1.27. The number of hydrogen-bond acceptors (Lipinski definition) is 4. The zero-order valence-electron chi connectivity index (χ0n) is 7.50. The van der Waals surface area contributed by atoms with E-state index in [0.29, 0.717) is 5.69 Å². The summed E-state index contributed by atoms with van der Waals surface area (Å²) in [7, 11) is -1.32. The average Bonchev–Trinajstić information content (AvgIpc) is 2.17. The van der Waals surface area contributed by atoms with Crippen LogP contribution in [0.2, 0.25) is 0 Å². The van der Waals surface area contributed by atoms with Gasteiger partial charge in [-0.3, -0.25) is 9.87 Å². The molecule has 6 nitrogen and oxygen atoms in total. The summed E-state index contributed by atoms with van der Waals surface area (Å²) in [4.78, 5) is 10.4. The van der Waals surface area contributed by atoms with Gasteiger partial charge in [0.15, 0.2) is 0 Å². The third-order valence-corrected chi connectivity index (χ3v) is 2.40. The third kappa shape index (κ3) is 3.22. The van der Waals surface area contributed by atoms with Crippen LogP contribution in [0, 0.1) is 7.11 Å². The van der Waals surface area contributed by atoms with Gasteiger partial charge in [-0.25, -0.2) is 4.79 Å². The van der Waals surface area contributed by atoms with E-state index < -0.39 is 16.2 Å². The molecule has 0 heterocycles. The standard InChI is InChI=1S/C8H8NO5S/c1-14-8(10)9-6-2-4-7(5-3-6)15(11,12)13/h2-5H,1H2,(H,9,10)(H,11,12,13). The molecule has 1 rings (SSSR count). The second kappa shape index (κ2) is 4.28. The van der Waals surface area contributed by atoms with E-state index in [-0.39, 0.29) is 4.90 Å². The Labute approximate surface area is 86.6 Å². The van der Waals surface area contributed by atoms with Crippen LogP contribution in [0.4, 0.5) is 10.5 Å². The molecule has 0 aliphatic heterocycles. The van der Waals surface area contributed by atoms with Crippen molar-refractivity contribution in [2.24, 2.45) is 0 Å². The van der Waals surface area contributed by atoms with Crippen molar-refractivity contribution in [2.75, 3.05) is 5.32 Å². The number of benzene rings is 1. The highest BCUT2D eigenvalue weighted by atomic mass is 32.2. The Bertz CT molecular complexity index is 450. The van der Waals surface area contributed by atoms with Gasteiger partial charge < -0.3 is 4.74 Å².